The van der Waals surface area contributed by atoms with Crippen LogP contribution in [-0.2, 0) is 0 Å². The summed E-state index contributed by atoms with van der Waals surface area (Å²) in [6.45, 7) is 1.93. The van der Waals surface area contributed by atoms with E-state index >= 15 is 0 Å². The number of anilines is 1. The first-order valence-electron chi connectivity index (χ1n) is 5.90. The quantitative estimate of drug-likeness (QED) is 0.508. The van der Waals surface area contributed by atoms with Crippen molar-refractivity contribution in [2.24, 2.45) is 5.10 Å². The molecule has 0 unspecified atom stereocenters. The molecule has 0 heterocycles. The van der Waals surface area contributed by atoms with Crippen molar-refractivity contribution in [3.8, 4) is 5.75 Å². The van der Waals surface area contributed by atoms with Crippen LogP contribution in [0.1, 0.15) is 11.1 Å². The van der Waals surface area contributed by atoms with E-state index in [-0.39, 0.29) is 17.0 Å². The van der Waals surface area contributed by atoms with E-state index in [2.05, 4.69) is 10.5 Å². The Labute approximate surface area is 115 Å². The third kappa shape index (κ3) is 3.11. The van der Waals surface area contributed by atoms with E-state index < -0.39 is 4.92 Å². The summed E-state index contributed by atoms with van der Waals surface area (Å²) in [5, 5.41) is 24.3. The molecule has 102 valence electrons. The van der Waals surface area contributed by atoms with Crippen LogP contribution >= 0.6 is 0 Å². The lowest BCUT2D eigenvalue weighted by molar-refractivity contribution is -0.384. The lowest BCUT2D eigenvalue weighted by Gasteiger charge is -2.03. The Morgan fingerprint density at radius 3 is 2.75 bits per heavy atom. The Morgan fingerprint density at radius 1 is 1.30 bits per heavy atom. The van der Waals surface area contributed by atoms with Crippen LogP contribution in [0.4, 0.5) is 11.4 Å². The van der Waals surface area contributed by atoms with E-state index in [1.807, 2.05) is 31.2 Å². The number of hydrazone groups is 1. The highest BCUT2D eigenvalue weighted by Crippen LogP contribution is 2.21. The normalized spacial score (nSPS) is 10.7. The number of phenolic OH excluding ortho intramolecular Hbond substituents is 1. The highest BCUT2D eigenvalue weighted by molar-refractivity contribution is 5.85. The van der Waals surface area contributed by atoms with Crippen molar-refractivity contribution in [3.63, 3.8) is 0 Å². The molecule has 0 aromatic heterocycles. The fraction of sp³-hybridized carbons (Fsp3) is 0.0714. The summed E-state index contributed by atoms with van der Waals surface area (Å²) in [6.07, 6.45) is 1.34. The molecule has 0 aliphatic carbocycles. The SMILES string of the molecule is Cc1ccccc1NN=Cc1cc([N+](=O)[O-])ccc1O. The second kappa shape index (κ2) is 5.83. The van der Waals surface area contributed by atoms with Crippen LogP contribution in [0.5, 0.6) is 5.75 Å². The van der Waals surface area contributed by atoms with Gasteiger partial charge in [0.15, 0.2) is 0 Å². The second-order valence-electron chi connectivity index (χ2n) is 4.19. The predicted molar refractivity (Wildman–Crippen MR) is 77.2 cm³/mol. The van der Waals surface area contributed by atoms with Gasteiger partial charge in [-0.25, -0.2) is 0 Å². The fourth-order valence-electron chi connectivity index (χ4n) is 1.63. The Morgan fingerprint density at radius 2 is 2.05 bits per heavy atom. The molecule has 0 bridgehead atoms. The van der Waals surface area contributed by atoms with E-state index in [4.69, 9.17) is 0 Å². The van der Waals surface area contributed by atoms with Gasteiger partial charge in [-0.3, -0.25) is 15.5 Å². The minimum atomic E-state index is -0.522. The molecule has 2 rings (SSSR count). The molecule has 0 fully saturated rings. The van der Waals surface area contributed by atoms with Gasteiger partial charge in [0, 0.05) is 17.7 Å². The molecular weight excluding hydrogens is 258 g/mol. The van der Waals surface area contributed by atoms with Gasteiger partial charge in [0.05, 0.1) is 16.8 Å². The van der Waals surface area contributed by atoms with Crippen LogP contribution in [0.3, 0.4) is 0 Å². The van der Waals surface area contributed by atoms with Crippen molar-refractivity contribution in [3.05, 3.63) is 63.7 Å². The number of non-ortho nitro benzene ring substituents is 1. The number of phenols is 1. The number of nitro benzene ring substituents is 1. The summed E-state index contributed by atoms with van der Waals surface area (Å²) in [5.74, 6) is -0.0640. The third-order valence-electron chi connectivity index (χ3n) is 2.76. The molecule has 6 heteroatoms. The molecule has 0 saturated heterocycles. The molecule has 20 heavy (non-hydrogen) atoms. The molecule has 0 saturated carbocycles. The Bertz CT molecular complexity index is 668. The number of aryl methyl sites for hydroxylation is 1. The number of nitrogens with zero attached hydrogens (tertiary/aromatic N) is 2. The summed E-state index contributed by atoms with van der Waals surface area (Å²) in [4.78, 5) is 10.1. The van der Waals surface area contributed by atoms with Crippen LogP contribution in [0.2, 0.25) is 0 Å². The molecule has 2 aromatic carbocycles. The second-order valence-corrected chi connectivity index (χ2v) is 4.19. The van der Waals surface area contributed by atoms with Gasteiger partial charge in [0.25, 0.3) is 5.69 Å². The number of nitro groups is 1. The lowest BCUT2D eigenvalue weighted by Crippen LogP contribution is -1.94. The van der Waals surface area contributed by atoms with Gasteiger partial charge < -0.3 is 5.11 Å². The van der Waals surface area contributed by atoms with Crippen molar-refractivity contribution in [2.75, 3.05) is 5.43 Å². The minimum Gasteiger partial charge on any atom is -0.507 e. The maximum absolute atomic E-state index is 10.7. The van der Waals surface area contributed by atoms with Crippen LogP contribution < -0.4 is 5.43 Å². The van der Waals surface area contributed by atoms with Crippen molar-refractivity contribution < 1.29 is 10.0 Å². The van der Waals surface area contributed by atoms with Crippen LogP contribution in [-0.4, -0.2) is 16.2 Å². The van der Waals surface area contributed by atoms with Crippen molar-refractivity contribution in [2.45, 2.75) is 6.92 Å². The Balaban J connectivity index is 2.17. The molecule has 0 aliphatic rings. The molecule has 0 aliphatic heterocycles. The number of hydrogen-bond donors (Lipinski definition) is 2. The van der Waals surface area contributed by atoms with E-state index in [0.717, 1.165) is 11.3 Å². The fourth-order valence-corrected chi connectivity index (χ4v) is 1.63. The molecule has 6 nitrogen and oxygen atoms in total. The number of rotatable bonds is 4. The smallest absolute Gasteiger partial charge is 0.270 e. The highest BCUT2D eigenvalue weighted by Gasteiger charge is 2.08. The number of benzene rings is 2. The number of hydrogen-bond acceptors (Lipinski definition) is 5. The first-order valence-corrected chi connectivity index (χ1v) is 5.90. The molecular formula is C14H13N3O3. The summed E-state index contributed by atoms with van der Waals surface area (Å²) in [5.41, 5.74) is 4.86. The van der Waals surface area contributed by atoms with Crippen LogP contribution in [0.25, 0.3) is 0 Å². The maximum atomic E-state index is 10.7. The zero-order valence-corrected chi connectivity index (χ0v) is 10.8. The topological polar surface area (TPSA) is 87.8 Å². The molecule has 0 amide bonds. The largest absolute Gasteiger partial charge is 0.507 e. The number of aromatic hydroxyl groups is 1. The van der Waals surface area contributed by atoms with Gasteiger partial charge in [-0.05, 0) is 24.6 Å². The summed E-state index contributed by atoms with van der Waals surface area (Å²) in [6, 6.07) is 11.3. The molecule has 0 radical (unpaired) electrons. The summed E-state index contributed by atoms with van der Waals surface area (Å²) < 4.78 is 0. The summed E-state index contributed by atoms with van der Waals surface area (Å²) in [7, 11) is 0. The highest BCUT2D eigenvalue weighted by atomic mass is 16.6. The zero-order chi connectivity index (χ0) is 14.5. The number of nitrogens with one attached hydrogen (secondary N) is 1. The maximum Gasteiger partial charge on any atom is 0.270 e. The van der Waals surface area contributed by atoms with E-state index in [9.17, 15) is 15.2 Å². The van der Waals surface area contributed by atoms with Crippen LogP contribution in [0, 0.1) is 17.0 Å². The van der Waals surface area contributed by atoms with E-state index in [1.54, 1.807) is 0 Å². The average Bonchev–Trinajstić information content (AvgIpc) is 2.42. The van der Waals surface area contributed by atoms with Crippen molar-refractivity contribution in [1.29, 1.82) is 0 Å². The number of para-hydroxylation sites is 1. The van der Waals surface area contributed by atoms with Gasteiger partial charge in [-0.15, -0.1) is 0 Å². The molecule has 0 atom stereocenters. The zero-order valence-electron chi connectivity index (χ0n) is 10.8. The molecule has 2 N–H and O–H groups in total. The van der Waals surface area contributed by atoms with Crippen molar-refractivity contribution >= 4 is 17.6 Å². The Kier molecular flexibility index (Phi) is 3.95. The standard InChI is InChI=1S/C14H13N3O3/c1-10-4-2-3-5-13(10)16-15-9-11-8-12(17(19)20)6-7-14(11)18/h2-9,16,18H,1H3. The first-order chi connectivity index (χ1) is 9.58. The first kappa shape index (κ1) is 13.5. The van der Waals surface area contributed by atoms with E-state index in [0.29, 0.717) is 0 Å². The summed E-state index contributed by atoms with van der Waals surface area (Å²) >= 11 is 0. The molecule has 2 aromatic rings. The van der Waals surface area contributed by atoms with Gasteiger partial charge in [0.2, 0.25) is 0 Å². The van der Waals surface area contributed by atoms with Gasteiger partial charge in [0.1, 0.15) is 5.75 Å². The average molecular weight is 271 g/mol. The Hall–Kier alpha value is -2.89. The minimum absolute atomic E-state index is 0.0640. The molecule has 0 spiro atoms. The van der Waals surface area contributed by atoms with Gasteiger partial charge >= 0.3 is 0 Å². The van der Waals surface area contributed by atoms with Crippen molar-refractivity contribution in [1.82, 2.24) is 0 Å². The predicted octanol–water partition coefficient (Wildman–Crippen LogP) is 3.05. The monoisotopic (exact) mass is 271 g/mol. The van der Waals surface area contributed by atoms with Crippen LogP contribution in [0.15, 0.2) is 47.6 Å². The lowest BCUT2D eigenvalue weighted by atomic mass is 10.2. The van der Waals surface area contributed by atoms with Gasteiger partial charge in [-0.1, -0.05) is 18.2 Å². The van der Waals surface area contributed by atoms with Gasteiger partial charge in [-0.2, -0.15) is 5.10 Å². The third-order valence-corrected chi connectivity index (χ3v) is 2.76. The van der Waals surface area contributed by atoms with E-state index in [1.165, 1.54) is 24.4 Å².